The van der Waals surface area contributed by atoms with E-state index in [4.69, 9.17) is 18.9 Å². The zero-order chi connectivity index (χ0) is 65.4. The average Bonchev–Trinajstić information content (AvgIpc) is 3.74. The Morgan fingerprint density at radius 2 is 0.600 bits per heavy atom. The van der Waals surface area contributed by atoms with Crippen LogP contribution >= 0.6 is 0 Å². The molecule has 0 aromatic rings. The minimum absolute atomic E-state index is 0.152. The topological polar surface area (TPSA) is 111 Å². The second-order valence-corrected chi connectivity index (χ2v) is 28.7. The first-order valence-electron chi connectivity index (χ1n) is 40.0. The maximum atomic E-state index is 13.0. The molecule has 2 atom stereocenters. The van der Waals surface area contributed by atoms with E-state index in [0.717, 1.165) is 44.9 Å². The largest absolute Gasteiger partial charge is 0.545 e. The van der Waals surface area contributed by atoms with Crippen molar-refractivity contribution in [1.82, 2.24) is 0 Å². The number of hydrogen-bond donors (Lipinski definition) is 0. The van der Waals surface area contributed by atoms with Gasteiger partial charge in [-0.05, 0) is 44.9 Å². The Balaban J connectivity index is 3.95. The lowest BCUT2D eigenvalue weighted by atomic mass is 10.0. The van der Waals surface area contributed by atoms with Crippen LogP contribution in [0.15, 0.2) is 24.3 Å². The monoisotopic (exact) mass is 1270 g/mol. The molecule has 532 valence electrons. The normalized spacial score (nSPS) is 12.7. The lowest BCUT2D eigenvalue weighted by Gasteiger charge is -2.26. The molecule has 0 rings (SSSR count). The molecule has 2 unspecified atom stereocenters. The van der Waals surface area contributed by atoms with Gasteiger partial charge in [-0.15, -0.1) is 0 Å². The van der Waals surface area contributed by atoms with E-state index in [2.05, 4.69) is 38.2 Å². The van der Waals surface area contributed by atoms with Crippen molar-refractivity contribution in [3.05, 3.63) is 24.3 Å². The van der Waals surface area contributed by atoms with Gasteiger partial charge in [-0.1, -0.05) is 385 Å². The highest BCUT2D eigenvalue weighted by Crippen LogP contribution is 2.20. The summed E-state index contributed by atoms with van der Waals surface area (Å²) in [5, 5.41) is 11.9. The van der Waals surface area contributed by atoms with Crippen LogP contribution in [0.4, 0.5) is 0 Å². The number of hydrogen-bond acceptors (Lipinski definition) is 8. The van der Waals surface area contributed by atoms with Crippen molar-refractivity contribution in [3.8, 4) is 0 Å². The van der Waals surface area contributed by atoms with Gasteiger partial charge >= 0.3 is 11.9 Å². The van der Waals surface area contributed by atoms with Crippen LogP contribution in [0.25, 0.3) is 0 Å². The van der Waals surface area contributed by atoms with Crippen molar-refractivity contribution in [2.75, 3.05) is 47.5 Å². The fourth-order valence-electron chi connectivity index (χ4n) is 12.3. The number of rotatable bonds is 76. The standard InChI is InChI=1S/C81H155NO8/c1-6-8-10-12-14-16-18-20-22-24-26-28-30-32-34-36-37-38-39-40-41-42-44-45-47-49-51-53-55-57-59-61-63-65-67-69-71-78(83)88-75-77(76-89-81(80(85)86)87-74-73-82(3,4)5)90-79(84)72-70-68-66-64-62-60-58-56-54-52-50-48-46-43-35-33-31-29-27-25-23-21-19-17-15-13-11-9-7-2/h19,21,25,27,77,81H,6-18,20,22-24,26,28-76H2,1-5H3/b21-19-,27-25-. The van der Waals surface area contributed by atoms with Gasteiger partial charge in [-0.25, -0.2) is 0 Å². The Bertz CT molecular complexity index is 1530. The number of carbonyl (C=O) groups excluding carboxylic acids is 3. The number of quaternary nitrogens is 1. The third-order valence-corrected chi connectivity index (χ3v) is 18.5. The van der Waals surface area contributed by atoms with Gasteiger partial charge < -0.3 is 33.3 Å². The maximum absolute atomic E-state index is 13.0. The molecule has 0 aromatic carbocycles. The molecule has 0 spiro atoms. The van der Waals surface area contributed by atoms with E-state index in [1.165, 1.54) is 347 Å². The van der Waals surface area contributed by atoms with Crippen LogP contribution in [-0.4, -0.2) is 82.3 Å². The second-order valence-electron chi connectivity index (χ2n) is 28.7. The number of carboxylic acid groups (broad SMARTS) is 1. The van der Waals surface area contributed by atoms with Crippen LogP contribution in [-0.2, 0) is 33.3 Å². The van der Waals surface area contributed by atoms with Crippen molar-refractivity contribution in [2.45, 2.75) is 431 Å². The quantitative estimate of drug-likeness (QED) is 0.0195. The Labute approximate surface area is 560 Å². The van der Waals surface area contributed by atoms with E-state index >= 15 is 0 Å². The van der Waals surface area contributed by atoms with Gasteiger partial charge in [0.2, 0.25) is 0 Å². The summed E-state index contributed by atoms with van der Waals surface area (Å²) < 4.78 is 22.9. The summed E-state index contributed by atoms with van der Waals surface area (Å²) in [7, 11) is 5.95. The molecule has 0 N–H and O–H groups in total. The lowest BCUT2D eigenvalue weighted by Crippen LogP contribution is -2.44. The first-order chi connectivity index (χ1) is 44.1. The zero-order valence-corrected chi connectivity index (χ0v) is 61.1. The number of ether oxygens (including phenoxy) is 4. The molecule has 0 saturated heterocycles. The van der Waals surface area contributed by atoms with E-state index in [9.17, 15) is 19.5 Å². The minimum atomic E-state index is -1.62. The second kappa shape index (κ2) is 72.6. The Morgan fingerprint density at radius 1 is 0.333 bits per heavy atom. The van der Waals surface area contributed by atoms with Crippen LogP contribution < -0.4 is 5.11 Å². The molecule has 90 heavy (non-hydrogen) atoms. The number of unbranched alkanes of at least 4 members (excludes halogenated alkanes) is 57. The van der Waals surface area contributed by atoms with Crippen molar-refractivity contribution in [1.29, 1.82) is 0 Å². The molecule has 0 heterocycles. The van der Waals surface area contributed by atoms with Gasteiger partial charge in [0.05, 0.1) is 40.3 Å². The maximum Gasteiger partial charge on any atom is 0.306 e. The minimum Gasteiger partial charge on any atom is -0.545 e. The van der Waals surface area contributed by atoms with Crippen LogP contribution in [0.1, 0.15) is 418 Å². The number of carboxylic acids is 1. The van der Waals surface area contributed by atoms with E-state index in [1.807, 2.05) is 21.1 Å². The number of esters is 2. The Hall–Kier alpha value is -2.23. The summed E-state index contributed by atoms with van der Waals surface area (Å²) in [4.78, 5) is 37.6. The summed E-state index contributed by atoms with van der Waals surface area (Å²) in [5.74, 6) is -2.25. The number of likely N-dealkylation sites (N-methyl/N-ethyl adjacent to an activating group) is 1. The third-order valence-electron chi connectivity index (χ3n) is 18.5. The van der Waals surface area contributed by atoms with Crippen molar-refractivity contribution >= 4 is 17.9 Å². The van der Waals surface area contributed by atoms with Crippen molar-refractivity contribution in [3.63, 3.8) is 0 Å². The smallest absolute Gasteiger partial charge is 0.306 e. The number of allylic oxidation sites excluding steroid dienone is 4. The van der Waals surface area contributed by atoms with E-state index in [1.54, 1.807) is 0 Å². The molecular formula is C81H155NO8. The zero-order valence-electron chi connectivity index (χ0n) is 61.1. The van der Waals surface area contributed by atoms with Gasteiger partial charge in [-0.3, -0.25) is 9.59 Å². The van der Waals surface area contributed by atoms with Crippen LogP contribution in [0.5, 0.6) is 0 Å². The molecule has 0 saturated carbocycles. The molecule has 0 aliphatic rings. The molecule has 0 aliphatic carbocycles. The average molecular weight is 1270 g/mol. The number of aliphatic carboxylic acids is 1. The summed E-state index contributed by atoms with van der Waals surface area (Å²) >= 11 is 0. The highest BCUT2D eigenvalue weighted by atomic mass is 16.7. The Morgan fingerprint density at radius 3 is 0.878 bits per heavy atom. The molecule has 0 radical (unpaired) electrons. The molecular weight excluding hydrogens is 1110 g/mol. The molecule has 0 bridgehead atoms. The van der Waals surface area contributed by atoms with Crippen LogP contribution in [0.3, 0.4) is 0 Å². The van der Waals surface area contributed by atoms with E-state index < -0.39 is 24.3 Å². The van der Waals surface area contributed by atoms with E-state index in [-0.39, 0.29) is 32.2 Å². The highest BCUT2D eigenvalue weighted by molar-refractivity contribution is 5.70. The number of nitrogens with zero attached hydrogens (tertiary/aromatic N) is 1. The summed E-state index contributed by atoms with van der Waals surface area (Å²) in [6.45, 7) is 4.83. The predicted molar refractivity (Wildman–Crippen MR) is 385 cm³/mol. The predicted octanol–water partition coefficient (Wildman–Crippen LogP) is 24.0. The van der Waals surface area contributed by atoms with Gasteiger partial charge in [-0.2, -0.15) is 0 Å². The fourth-order valence-corrected chi connectivity index (χ4v) is 12.3. The Kier molecular flexibility index (Phi) is 70.8. The first-order valence-corrected chi connectivity index (χ1v) is 40.0. The van der Waals surface area contributed by atoms with Gasteiger partial charge in [0.1, 0.15) is 13.2 Å². The summed E-state index contributed by atoms with van der Waals surface area (Å²) in [5.41, 5.74) is 0. The molecule has 0 fully saturated rings. The summed E-state index contributed by atoms with van der Waals surface area (Å²) in [6.07, 6.45) is 88.8. The van der Waals surface area contributed by atoms with E-state index in [0.29, 0.717) is 17.4 Å². The summed E-state index contributed by atoms with van der Waals surface area (Å²) in [6, 6.07) is 0. The number of carbonyl (C=O) groups is 3. The van der Waals surface area contributed by atoms with Gasteiger partial charge in [0.25, 0.3) is 0 Å². The van der Waals surface area contributed by atoms with Crippen LogP contribution in [0, 0.1) is 0 Å². The van der Waals surface area contributed by atoms with Gasteiger partial charge in [0.15, 0.2) is 12.4 Å². The molecule has 0 amide bonds. The highest BCUT2D eigenvalue weighted by Gasteiger charge is 2.22. The lowest BCUT2D eigenvalue weighted by molar-refractivity contribution is -0.870. The van der Waals surface area contributed by atoms with Gasteiger partial charge in [0, 0.05) is 12.8 Å². The molecule has 0 aliphatic heterocycles. The fraction of sp³-hybridized carbons (Fsp3) is 0.914. The molecule has 0 aromatic heterocycles. The molecule has 9 nitrogen and oxygen atoms in total. The third kappa shape index (κ3) is 73.2. The van der Waals surface area contributed by atoms with Crippen molar-refractivity contribution in [2.24, 2.45) is 0 Å². The SMILES string of the molecule is CCCCCCC/C=C\C/C=C\CCCCCCCCCCCCCCCCCCCC(=O)OC(COC(=O)CCCCCCCCCCCCCCCCCCCCCCCCCCCCCCCCCCCCCC)COC(OCC[N+](C)(C)C)C(=O)[O-]. The van der Waals surface area contributed by atoms with Crippen molar-refractivity contribution < 1.29 is 42.9 Å². The molecule has 9 heteroatoms. The van der Waals surface area contributed by atoms with Crippen LogP contribution in [0.2, 0.25) is 0 Å². The first kappa shape index (κ1) is 87.8.